The smallest absolute Gasteiger partial charge is 0.254 e. The Balaban J connectivity index is 1.45. The quantitative estimate of drug-likeness (QED) is 0.806. The molecule has 7 nitrogen and oxygen atoms in total. The van der Waals surface area contributed by atoms with E-state index in [1.807, 2.05) is 0 Å². The van der Waals surface area contributed by atoms with Gasteiger partial charge in [0.1, 0.15) is 23.7 Å². The molecule has 0 aliphatic carbocycles. The minimum Gasteiger partial charge on any atom is -0.508 e. The molecule has 2 heterocycles. The summed E-state index contributed by atoms with van der Waals surface area (Å²) in [6.07, 6.45) is 0.326. The van der Waals surface area contributed by atoms with Crippen LogP contribution < -0.4 is 5.32 Å². The van der Waals surface area contributed by atoms with Crippen molar-refractivity contribution in [2.45, 2.75) is 18.5 Å². The first-order chi connectivity index (χ1) is 13.9. The van der Waals surface area contributed by atoms with Gasteiger partial charge in [0.25, 0.3) is 5.91 Å². The monoisotopic (exact) mass is 397 g/mol. The summed E-state index contributed by atoms with van der Waals surface area (Å²) in [7, 11) is 0. The molecule has 0 radical (unpaired) electrons. The van der Waals surface area contributed by atoms with Crippen LogP contribution in [0.25, 0.3) is 0 Å². The normalized spacial score (nSPS) is 21.6. The number of benzene rings is 2. The van der Waals surface area contributed by atoms with Gasteiger partial charge in [-0.3, -0.25) is 14.4 Å². The van der Waals surface area contributed by atoms with E-state index in [1.165, 1.54) is 46.2 Å². The lowest BCUT2D eigenvalue weighted by atomic mass is 9.98. The van der Waals surface area contributed by atoms with E-state index in [9.17, 15) is 23.9 Å². The number of amides is 3. The van der Waals surface area contributed by atoms with Crippen molar-refractivity contribution >= 4 is 17.7 Å². The molecule has 2 fully saturated rings. The van der Waals surface area contributed by atoms with E-state index >= 15 is 0 Å². The average molecular weight is 397 g/mol. The Morgan fingerprint density at radius 2 is 1.76 bits per heavy atom. The van der Waals surface area contributed by atoms with Gasteiger partial charge in [-0.25, -0.2) is 4.39 Å². The molecular weight excluding hydrogens is 377 g/mol. The first kappa shape index (κ1) is 18.9. The van der Waals surface area contributed by atoms with E-state index in [0.29, 0.717) is 18.5 Å². The maximum Gasteiger partial charge on any atom is 0.254 e. The number of hydrogen-bond acceptors (Lipinski definition) is 4. The molecule has 2 saturated heterocycles. The van der Waals surface area contributed by atoms with Gasteiger partial charge in [-0.15, -0.1) is 0 Å². The zero-order valence-corrected chi connectivity index (χ0v) is 15.5. The Labute approximate surface area is 166 Å². The summed E-state index contributed by atoms with van der Waals surface area (Å²) in [5, 5.41) is 12.1. The number of nitrogens with one attached hydrogen (secondary N) is 1. The Hall–Kier alpha value is -3.42. The van der Waals surface area contributed by atoms with Crippen molar-refractivity contribution in [1.29, 1.82) is 0 Å². The molecule has 0 bridgehead atoms. The summed E-state index contributed by atoms with van der Waals surface area (Å²) in [5.41, 5.74) is 1.16. The summed E-state index contributed by atoms with van der Waals surface area (Å²) in [5.74, 6) is -1.07. The number of hydrogen-bond donors (Lipinski definition) is 2. The number of phenolic OH excluding ortho intramolecular Hbond substituents is 1. The van der Waals surface area contributed by atoms with Gasteiger partial charge in [0.2, 0.25) is 11.8 Å². The lowest BCUT2D eigenvalue weighted by molar-refractivity contribution is -0.152. The third-order valence-corrected chi connectivity index (χ3v) is 5.34. The maximum absolute atomic E-state index is 13.1. The highest BCUT2D eigenvalue weighted by Crippen LogP contribution is 2.20. The van der Waals surface area contributed by atoms with Crippen molar-refractivity contribution in [2.75, 3.05) is 19.6 Å². The number of fused-ring (bicyclic) bond motifs is 1. The largest absolute Gasteiger partial charge is 0.508 e. The van der Waals surface area contributed by atoms with E-state index in [1.54, 1.807) is 12.1 Å². The Bertz CT molecular complexity index is 945. The molecule has 2 aromatic rings. The molecule has 2 aromatic carbocycles. The maximum atomic E-state index is 13.1. The van der Waals surface area contributed by atoms with Crippen LogP contribution in [0.3, 0.4) is 0 Å². The molecule has 150 valence electrons. The second-order valence-electron chi connectivity index (χ2n) is 7.24. The minimum atomic E-state index is -0.739. The van der Waals surface area contributed by atoms with Crippen LogP contribution in [0.4, 0.5) is 4.39 Å². The van der Waals surface area contributed by atoms with Crippen LogP contribution in [0, 0.1) is 5.82 Å². The number of rotatable bonds is 3. The predicted octanol–water partition coefficient (Wildman–Crippen LogP) is 0.925. The van der Waals surface area contributed by atoms with Crippen molar-refractivity contribution < 1.29 is 23.9 Å². The van der Waals surface area contributed by atoms with Crippen LogP contribution in [-0.2, 0) is 16.0 Å². The van der Waals surface area contributed by atoms with Gasteiger partial charge in [-0.2, -0.15) is 0 Å². The van der Waals surface area contributed by atoms with Crippen molar-refractivity contribution in [2.24, 2.45) is 0 Å². The predicted molar refractivity (Wildman–Crippen MR) is 102 cm³/mol. The van der Waals surface area contributed by atoms with E-state index in [-0.39, 0.29) is 36.6 Å². The molecule has 0 saturated carbocycles. The summed E-state index contributed by atoms with van der Waals surface area (Å²) in [4.78, 5) is 41.2. The lowest BCUT2D eigenvalue weighted by Gasteiger charge is -2.45. The van der Waals surface area contributed by atoms with Crippen molar-refractivity contribution in [3.05, 3.63) is 65.5 Å². The van der Waals surface area contributed by atoms with Gasteiger partial charge >= 0.3 is 0 Å². The van der Waals surface area contributed by atoms with Gasteiger partial charge in [0, 0.05) is 25.1 Å². The summed E-state index contributed by atoms with van der Waals surface area (Å²) >= 11 is 0. The van der Waals surface area contributed by atoms with Gasteiger partial charge in [0.15, 0.2) is 0 Å². The standard InChI is InChI=1S/C21H20FN3O4/c22-15-5-3-14(4-6-15)20(28)24-9-10-25-18(12-24)19(27)23-17(21(25)29)11-13-1-7-16(26)8-2-13/h1-8,17-18,26H,9-12H2,(H,23,27)/t17-,18+/m0/s1. The van der Waals surface area contributed by atoms with Gasteiger partial charge in [0.05, 0.1) is 6.54 Å². The van der Waals surface area contributed by atoms with Crippen LogP contribution in [0.2, 0.25) is 0 Å². The first-order valence-electron chi connectivity index (χ1n) is 9.36. The van der Waals surface area contributed by atoms with Crippen molar-refractivity contribution in [3.8, 4) is 5.75 Å². The van der Waals surface area contributed by atoms with Crippen LogP contribution >= 0.6 is 0 Å². The molecule has 0 aromatic heterocycles. The molecule has 2 atom stereocenters. The highest BCUT2D eigenvalue weighted by molar-refractivity contribution is 5.99. The Morgan fingerprint density at radius 3 is 2.45 bits per heavy atom. The number of carbonyl (C=O) groups is 3. The number of aromatic hydroxyl groups is 1. The molecule has 3 amide bonds. The number of phenols is 1. The molecule has 2 N–H and O–H groups in total. The topological polar surface area (TPSA) is 89.9 Å². The summed E-state index contributed by atoms with van der Waals surface area (Å²) in [6, 6.07) is 10.3. The molecule has 2 aliphatic rings. The Kier molecular flexibility index (Phi) is 4.92. The zero-order valence-electron chi connectivity index (χ0n) is 15.5. The van der Waals surface area contributed by atoms with E-state index in [4.69, 9.17) is 0 Å². The lowest BCUT2D eigenvalue weighted by Crippen LogP contribution is -2.70. The third-order valence-electron chi connectivity index (χ3n) is 5.34. The fourth-order valence-corrected chi connectivity index (χ4v) is 3.77. The van der Waals surface area contributed by atoms with Crippen LogP contribution in [0.15, 0.2) is 48.5 Å². The van der Waals surface area contributed by atoms with Crippen LogP contribution in [-0.4, -0.2) is 64.3 Å². The molecule has 29 heavy (non-hydrogen) atoms. The number of piperazine rings is 2. The zero-order chi connectivity index (χ0) is 20.5. The number of nitrogens with zero attached hydrogens (tertiary/aromatic N) is 2. The third kappa shape index (κ3) is 3.78. The van der Waals surface area contributed by atoms with Gasteiger partial charge < -0.3 is 20.2 Å². The second kappa shape index (κ2) is 7.54. The first-order valence-corrected chi connectivity index (χ1v) is 9.36. The molecular formula is C21H20FN3O4. The van der Waals surface area contributed by atoms with Crippen LogP contribution in [0.1, 0.15) is 15.9 Å². The minimum absolute atomic E-state index is 0.0969. The molecule has 0 unspecified atom stereocenters. The van der Waals surface area contributed by atoms with E-state index in [0.717, 1.165) is 5.56 Å². The average Bonchev–Trinajstić information content (AvgIpc) is 2.73. The molecule has 4 rings (SSSR count). The SMILES string of the molecule is O=C1N[C@@H](Cc2ccc(O)cc2)C(=O)N2CCN(C(=O)c3ccc(F)cc3)C[C@H]12. The Morgan fingerprint density at radius 1 is 1.07 bits per heavy atom. The highest BCUT2D eigenvalue weighted by Gasteiger charge is 2.44. The number of halogens is 1. The highest BCUT2D eigenvalue weighted by atomic mass is 19.1. The van der Waals surface area contributed by atoms with E-state index in [2.05, 4.69) is 5.32 Å². The van der Waals surface area contributed by atoms with Crippen LogP contribution in [0.5, 0.6) is 5.75 Å². The number of carbonyl (C=O) groups excluding carboxylic acids is 3. The van der Waals surface area contributed by atoms with E-state index < -0.39 is 17.9 Å². The molecule has 0 spiro atoms. The molecule has 8 heteroatoms. The summed E-state index contributed by atoms with van der Waals surface area (Å²) < 4.78 is 13.1. The fraction of sp³-hybridized carbons (Fsp3) is 0.286. The summed E-state index contributed by atoms with van der Waals surface area (Å²) in [6.45, 7) is 0.660. The second-order valence-corrected chi connectivity index (χ2v) is 7.24. The van der Waals surface area contributed by atoms with Crippen molar-refractivity contribution in [1.82, 2.24) is 15.1 Å². The molecule has 2 aliphatic heterocycles. The van der Waals surface area contributed by atoms with Gasteiger partial charge in [-0.05, 0) is 42.0 Å². The van der Waals surface area contributed by atoms with Gasteiger partial charge in [-0.1, -0.05) is 12.1 Å². The fourth-order valence-electron chi connectivity index (χ4n) is 3.77. The van der Waals surface area contributed by atoms with Crippen molar-refractivity contribution in [3.63, 3.8) is 0 Å².